The summed E-state index contributed by atoms with van der Waals surface area (Å²) in [6, 6.07) is 10.3. The Bertz CT molecular complexity index is 682. The van der Waals surface area contributed by atoms with Crippen molar-refractivity contribution in [2.75, 3.05) is 0 Å². The lowest BCUT2D eigenvalue weighted by Gasteiger charge is -2.26. The van der Waals surface area contributed by atoms with E-state index in [2.05, 4.69) is 17.3 Å². The fraction of sp³-hybridized carbons (Fsp3) is 0.474. The quantitative estimate of drug-likeness (QED) is 0.937. The van der Waals surface area contributed by atoms with Crippen LogP contribution in [-0.2, 0) is 0 Å². The summed E-state index contributed by atoms with van der Waals surface area (Å²) in [6.07, 6.45) is 4.56. The van der Waals surface area contributed by atoms with Gasteiger partial charge in [0.2, 0.25) is 0 Å². The Morgan fingerprint density at radius 3 is 2.43 bits per heavy atom. The van der Waals surface area contributed by atoms with E-state index >= 15 is 0 Å². The molecule has 1 N–H and O–H groups in total. The number of hydrogen-bond donors (Lipinski definition) is 1. The maximum absolute atomic E-state index is 12.7. The third-order valence-corrected chi connectivity index (χ3v) is 4.87. The lowest BCUT2D eigenvalue weighted by molar-refractivity contribution is 0.0921. The first kappa shape index (κ1) is 15.8. The molecule has 0 radical (unpaired) electrons. The van der Waals surface area contributed by atoms with E-state index in [9.17, 15) is 4.79 Å². The summed E-state index contributed by atoms with van der Waals surface area (Å²) < 4.78 is 1.85. The lowest BCUT2D eigenvalue weighted by Crippen LogP contribution is -2.37. The van der Waals surface area contributed by atoms with E-state index in [4.69, 9.17) is 0 Å². The van der Waals surface area contributed by atoms with Gasteiger partial charge >= 0.3 is 0 Å². The highest BCUT2D eigenvalue weighted by Crippen LogP contribution is 2.24. The molecule has 3 rings (SSSR count). The highest BCUT2D eigenvalue weighted by atomic mass is 16.1. The molecule has 1 amide bonds. The average molecular weight is 311 g/mol. The summed E-state index contributed by atoms with van der Waals surface area (Å²) in [5.41, 5.74) is 3.38. The summed E-state index contributed by atoms with van der Waals surface area (Å²) in [5, 5.41) is 7.77. The van der Waals surface area contributed by atoms with E-state index in [0.717, 1.165) is 35.8 Å². The zero-order valence-electron chi connectivity index (χ0n) is 14.2. The Morgan fingerprint density at radius 1 is 1.13 bits per heavy atom. The van der Waals surface area contributed by atoms with Crippen LogP contribution in [0.4, 0.5) is 0 Å². The van der Waals surface area contributed by atoms with Crippen LogP contribution in [0.3, 0.4) is 0 Å². The van der Waals surface area contributed by atoms with Gasteiger partial charge in [-0.25, -0.2) is 4.68 Å². The van der Waals surface area contributed by atoms with Crippen molar-refractivity contribution in [2.45, 2.75) is 52.5 Å². The zero-order chi connectivity index (χ0) is 16.4. The van der Waals surface area contributed by atoms with Crippen LogP contribution in [0.1, 0.15) is 54.4 Å². The molecule has 4 nitrogen and oxygen atoms in total. The van der Waals surface area contributed by atoms with Crippen LogP contribution in [0.25, 0.3) is 5.69 Å². The average Bonchev–Trinajstić information content (AvgIpc) is 2.85. The molecule has 1 aliphatic rings. The number of carbonyl (C=O) groups is 1. The molecule has 0 atom stereocenters. The zero-order valence-corrected chi connectivity index (χ0v) is 14.2. The van der Waals surface area contributed by atoms with Gasteiger partial charge in [0.1, 0.15) is 0 Å². The minimum Gasteiger partial charge on any atom is -0.349 e. The molecule has 0 spiro atoms. The van der Waals surface area contributed by atoms with Crippen LogP contribution in [-0.4, -0.2) is 21.7 Å². The number of amides is 1. The first-order valence-electron chi connectivity index (χ1n) is 8.48. The first-order chi connectivity index (χ1) is 11.1. The Labute approximate surface area is 137 Å². The molecule has 0 saturated heterocycles. The minimum absolute atomic E-state index is 0.0155. The van der Waals surface area contributed by atoms with E-state index in [1.54, 1.807) is 0 Å². The number of carbonyl (C=O) groups excluding carboxylic acids is 1. The van der Waals surface area contributed by atoms with Crippen molar-refractivity contribution in [1.29, 1.82) is 0 Å². The topological polar surface area (TPSA) is 46.9 Å². The number of para-hydroxylation sites is 1. The molecular weight excluding hydrogens is 286 g/mol. The Morgan fingerprint density at radius 2 is 1.78 bits per heavy atom. The number of benzene rings is 1. The molecule has 0 unspecified atom stereocenters. The molecule has 1 aromatic heterocycles. The number of nitrogens with one attached hydrogen (secondary N) is 1. The Balaban J connectivity index is 1.80. The molecule has 1 heterocycles. The van der Waals surface area contributed by atoms with Crippen LogP contribution < -0.4 is 5.32 Å². The van der Waals surface area contributed by atoms with Crippen LogP contribution in [0.5, 0.6) is 0 Å². The van der Waals surface area contributed by atoms with Crippen molar-refractivity contribution in [1.82, 2.24) is 15.1 Å². The lowest BCUT2D eigenvalue weighted by atomic mass is 9.87. The summed E-state index contributed by atoms with van der Waals surface area (Å²) in [7, 11) is 0. The van der Waals surface area contributed by atoms with E-state index in [-0.39, 0.29) is 5.91 Å². The molecule has 23 heavy (non-hydrogen) atoms. The van der Waals surface area contributed by atoms with Crippen molar-refractivity contribution >= 4 is 5.91 Å². The second-order valence-electron chi connectivity index (χ2n) is 6.72. The molecule has 122 valence electrons. The van der Waals surface area contributed by atoms with E-state index in [0.29, 0.717) is 11.6 Å². The SMILES string of the molecule is Cc1nn(-c2ccccc2)c(C)c1C(=O)NC1CCC(C)CC1. The smallest absolute Gasteiger partial charge is 0.255 e. The highest BCUT2D eigenvalue weighted by Gasteiger charge is 2.24. The predicted molar refractivity (Wildman–Crippen MR) is 91.9 cm³/mol. The van der Waals surface area contributed by atoms with E-state index < -0.39 is 0 Å². The minimum atomic E-state index is 0.0155. The second-order valence-corrected chi connectivity index (χ2v) is 6.72. The van der Waals surface area contributed by atoms with Gasteiger partial charge in [-0.15, -0.1) is 0 Å². The molecule has 4 heteroatoms. The largest absolute Gasteiger partial charge is 0.349 e. The fourth-order valence-electron chi connectivity index (χ4n) is 3.45. The molecule has 1 aromatic carbocycles. The number of rotatable bonds is 3. The molecular formula is C19H25N3O. The molecule has 2 aromatic rings. The van der Waals surface area contributed by atoms with Gasteiger partial charge in [-0.3, -0.25) is 4.79 Å². The van der Waals surface area contributed by atoms with E-state index in [1.807, 2.05) is 48.9 Å². The predicted octanol–water partition coefficient (Wildman–Crippen LogP) is 3.80. The highest BCUT2D eigenvalue weighted by molar-refractivity contribution is 5.96. The molecule has 1 aliphatic carbocycles. The third kappa shape index (κ3) is 3.31. The van der Waals surface area contributed by atoms with Gasteiger partial charge in [0.25, 0.3) is 5.91 Å². The van der Waals surface area contributed by atoms with Gasteiger partial charge in [0.05, 0.1) is 22.6 Å². The first-order valence-corrected chi connectivity index (χ1v) is 8.48. The third-order valence-electron chi connectivity index (χ3n) is 4.87. The standard InChI is InChI=1S/C19H25N3O/c1-13-9-11-16(12-10-13)20-19(23)18-14(2)21-22(15(18)3)17-7-5-4-6-8-17/h4-8,13,16H,9-12H2,1-3H3,(H,20,23). The van der Waals surface area contributed by atoms with Crippen LogP contribution in [0.15, 0.2) is 30.3 Å². The van der Waals surface area contributed by atoms with Gasteiger partial charge in [-0.2, -0.15) is 5.10 Å². The number of hydrogen-bond acceptors (Lipinski definition) is 2. The van der Waals surface area contributed by atoms with Gasteiger partial charge in [0.15, 0.2) is 0 Å². The van der Waals surface area contributed by atoms with Crippen molar-refractivity contribution in [2.24, 2.45) is 5.92 Å². The Hall–Kier alpha value is -2.10. The number of aryl methyl sites for hydroxylation is 1. The molecule has 1 fully saturated rings. The normalized spacial score (nSPS) is 21.2. The van der Waals surface area contributed by atoms with Gasteiger partial charge in [0, 0.05) is 6.04 Å². The molecule has 0 aliphatic heterocycles. The number of nitrogens with zero attached hydrogens (tertiary/aromatic N) is 2. The monoisotopic (exact) mass is 311 g/mol. The summed E-state index contributed by atoms with van der Waals surface area (Å²) in [5.74, 6) is 0.800. The summed E-state index contributed by atoms with van der Waals surface area (Å²) in [6.45, 7) is 6.16. The summed E-state index contributed by atoms with van der Waals surface area (Å²) in [4.78, 5) is 12.7. The van der Waals surface area contributed by atoms with Crippen LogP contribution >= 0.6 is 0 Å². The molecule has 1 saturated carbocycles. The Kier molecular flexibility index (Phi) is 4.51. The van der Waals surface area contributed by atoms with Crippen molar-refractivity contribution < 1.29 is 4.79 Å². The summed E-state index contributed by atoms with van der Waals surface area (Å²) >= 11 is 0. The van der Waals surface area contributed by atoms with Gasteiger partial charge in [-0.05, 0) is 57.6 Å². The van der Waals surface area contributed by atoms with Gasteiger partial charge in [-0.1, -0.05) is 25.1 Å². The van der Waals surface area contributed by atoms with Crippen LogP contribution in [0.2, 0.25) is 0 Å². The maximum Gasteiger partial charge on any atom is 0.255 e. The number of aromatic nitrogens is 2. The van der Waals surface area contributed by atoms with Crippen molar-refractivity contribution in [3.05, 3.63) is 47.3 Å². The van der Waals surface area contributed by atoms with Crippen molar-refractivity contribution in [3.8, 4) is 5.69 Å². The van der Waals surface area contributed by atoms with Crippen LogP contribution in [0, 0.1) is 19.8 Å². The molecule has 0 bridgehead atoms. The van der Waals surface area contributed by atoms with E-state index in [1.165, 1.54) is 12.8 Å². The second kappa shape index (κ2) is 6.57. The fourth-order valence-corrected chi connectivity index (χ4v) is 3.45. The van der Waals surface area contributed by atoms with Crippen molar-refractivity contribution in [3.63, 3.8) is 0 Å². The van der Waals surface area contributed by atoms with Gasteiger partial charge < -0.3 is 5.32 Å². The maximum atomic E-state index is 12.7.